The van der Waals surface area contributed by atoms with Crippen LogP contribution in [0, 0.1) is 0 Å². The lowest BCUT2D eigenvalue weighted by atomic mass is 9.61. The van der Waals surface area contributed by atoms with E-state index in [1.807, 2.05) is 48.3 Å². The number of likely N-dealkylation sites (N-methyl/N-ethyl adjacent to an activating group) is 2. The number of anilines is 1. The van der Waals surface area contributed by atoms with Crippen molar-refractivity contribution in [3.05, 3.63) is 53.6 Å². The van der Waals surface area contributed by atoms with E-state index in [9.17, 15) is 9.90 Å². The second-order valence-corrected chi connectivity index (χ2v) is 8.85. The van der Waals surface area contributed by atoms with Gasteiger partial charge in [0.25, 0.3) is 0 Å². The number of likely N-dealkylation sites (tertiary alicyclic amines) is 1. The molecule has 0 spiro atoms. The maximum Gasteiger partial charge on any atom is 0.324 e. The summed E-state index contributed by atoms with van der Waals surface area (Å²) in [5.41, 5.74) is 3.89. The van der Waals surface area contributed by atoms with Gasteiger partial charge in [0.05, 0.1) is 17.1 Å². The molecule has 2 aromatic carbocycles. The van der Waals surface area contributed by atoms with E-state index in [0.717, 1.165) is 36.0 Å². The smallest absolute Gasteiger partial charge is 0.324 e. The number of aromatic amines is 1. The number of hydrogen-bond acceptors (Lipinski definition) is 4. The number of phenols is 1. The number of nitrogens with zero attached hydrogens (tertiary/aromatic N) is 3. The fraction of sp³-hybridized carbons (Fsp3) is 0.391. The third kappa shape index (κ3) is 2.84. The number of imidazole rings is 1. The van der Waals surface area contributed by atoms with Gasteiger partial charge in [0.15, 0.2) is 0 Å². The van der Waals surface area contributed by atoms with Crippen LogP contribution in [0.15, 0.2) is 42.5 Å². The summed E-state index contributed by atoms with van der Waals surface area (Å²) in [6, 6.07) is 13.4. The maximum atomic E-state index is 13.2. The summed E-state index contributed by atoms with van der Waals surface area (Å²) in [6.45, 7) is 3.19. The maximum absolute atomic E-state index is 13.2. The first-order valence-corrected chi connectivity index (χ1v) is 10.4. The van der Waals surface area contributed by atoms with Gasteiger partial charge >= 0.3 is 6.03 Å². The predicted molar refractivity (Wildman–Crippen MR) is 117 cm³/mol. The summed E-state index contributed by atoms with van der Waals surface area (Å²) < 4.78 is 0. The second-order valence-electron chi connectivity index (χ2n) is 8.85. The molecule has 5 rings (SSSR count). The van der Waals surface area contributed by atoms with E-state index in [4.69, 9.17) is 0 Å². The zero-order chi connectivity index (χ0) is 21.0. The van der Waals surface area contributed by atoms with Crippen molar-refractivity contribution in [3.8, 4) is 5.75 Å². The minimum atomic E-state index is -0.233. The first-order valence-electron chi connectivity index (χ1n) is 10.4. The number of carbonyl (C=O) groups is 1. The molecule has 1 aliphatic heterocycles. The summed E-state index contributed by atoms with van der Waals surface area (Å²) >= 11 is 0. The van der Waals surface area contributed by atoms with E-state index >= 15 is 0 Å². The third-order valence-corrected chi connectivity index (χ3v) is 7.06. The van der Waals surface area contributed by atoms with Crippen molar-refractivity contribution in [3.63, 3.8) is 0 Å². The summed E-state index contributed by atoms with van der Waals surface area (Å²) in [7, 11) is 3.99. The number of nitrogens with one attached hydrogen (secondary N) is 2. The molecule has 3 N–H and O–H groups in total. The van der Waals surface area contributed by atoms with Crippen LogP contribution in [0.2, 0.25) is 0 Å². The van der Waals surface area contributed by atoms with Gasteiger partial charge in [0.2, 0.25) is 5.95 Å². The molecular formula is C23H27N5O2. The Bertz CT molecular complexity index is 1090. The van der Waals surface area contributed by atoms with Crippen molar-refractivity contribution in [1.82, 2.24) is 19.8 Å². The van der Waals surface area contributed by atoms with Crippen molar-refractivity contribution < 1.29 is 9.90 Å². The normalized spacial score (nSPS) is 25.7. The van der Waals surface area contributed by atoms with Gasteiger partial charge in [-0.25, -0.2) is 9.78 Å². The molecule has 30 heavy (non-hydrogen) atoms. The summed E-state index contributed by atoms with van der Waals surface area (Å²) in [4.78, 5) is 25.0. The number of benzene rings is 2. The van der Waals surface area contributed by atoms with Crippen LogP contribution < -0.4 is 5.32 Å². The monoisotopic (exact) mass is 405 g/mol. The molecule has 1 aliphatic carbocycles. The molecule has 7 nitrogen and oxygen atoms in total. The van der Waals surface area contributed by atoms with Crippen molar-refractivity contribution in [2.45, 2.75) is 37.3 Å². The molecule has 0 unspecified atom stereocenters. The predicted octanol–water partition coefficient (Wildman–Crippen LogP) is 3.32. The van der Waals surface area contributed by atoms with Gasteiger partial charge in [0.1, 0.15) is 5.75 Å². The highest BCUT2D eigenvalue weighted by molar-refractivity contribution is 5.90. The highest BCUT2D eigenvalue weighted by Gasteiger charge is 2.52. The Morgan fingerprint density at radius 3 is 2.93 bits per heavy atom. The minimum absolute atomic E-state index is 0.0186. The molecule has 1 fully saturated rings. The number of carbonyl (C=O) groups excluding carboxylic acids is 1. The van der Waals surface area contributed by atoms with Crippen LogP contribution in [-0.2, 0) is 11.8 Å². The minimum Gasteiger partial charge on any atom is -0.508 e. The van der Waals surface area contributed by atoms with E-state index in [-0.39, 0.29) is 29.3 Å². The fourth-order valence-corrected chi connectivity index (χ4v) is 5.46. The zero-order valence-electron chi connectivity index (χ0n) is 17.5. The van der Waals surface area contributed by atoms with Gasteiger partial charge in [-0.15, -0.1) is 0 Å². The van der Waals surface area contributed by atoms with Crippen molar-refractivity contribution in [2.75, 3.05) is 26.0 Å². The number of hydrogen-bond donors (Lipinski definition) is 3. The standard InChI is InChI=1S/C23H27N5O2/c1-23-10-11-27(2)19(12-14-8-9-15(29)13-16(14)23)20(23)28(3)22(30)26-21-24-17-6-4-5-7-18(17)25-21/h4-9,13,19-20,29H,10-12H2,1-3H3,(H2,24,25,26,30)/t19-,20+,23-/m1/s1. The molecule has 2 bridgehead atoms. The van der Waals surface area contributed by atoms with Crippen LogP contribution in [0.5, 0.6) is 5.75 Å². The molecule has 1 aromatic heterocycles. The van der Waals surface area contributed by atoms with Gasteiger partial charge in [-0.2, -0.15) is 0 Å². The quantitative estimate of drug-likeness (QED) is 0.611. The number of piperidine rings is 1. The first-order chi connectivity index (χ1) is 14.4. The zero-order valence-corrected chi connectivity index (χ0v) is 17.5. The number of para-hydroxylation sites is 2. The van der Waals surface area contributed by atoms with Crippen molar-refractivity contribution in [1.29, 1.82) is 0 Å². The number of phenolic OH excluding ortho intramolecular Hbond substituents is 1. The lowest BCUT2D eigenvalue weighted by Crippen LogP contribution is -2.67. The number of amides is 2. The molecule has 2 amide bonds. The number of rotatable bonds is 2. The van der Waals surface area contributed by atoms with E-state index in [2.05, 4.69) is 34.2 Å². The number of aromatic hydroxyl groups is 1. The highest BCUT2D eigenvalue weighted by Crippen LogP contribution is 2.47. The highest BCUT2D eigenvalue weighted by atomic mass is 16.3. The van der Waals surface area contributed by atoms with E-state index in [0.29, 0.717) is 5.95 Å². The van der Waals surface area contributed by atoms with E-state index < -0.39 is 0 Å². The molecular weight excluding hydrogens is 378 g/mol. The van der Waals surface area contributed by atoms with E-state index in [1.165, 1.54) is 5.56 Å². The Kier molecular flexibility index (Phi) is 4.25. The Morgan fingerprint density at radius 1 is 1.33 bits per heavy atom. The van der Waals surface area contributed by atoms with Crippen LogP contribution in [0.3, 0.4) is 0 Å². The van der Waals surface area contributed by atoms with E-state index in [1.54, 1.807) is 6.07 Å². The van der Waals surface area contributed by atoms with Crippen molar-refractivity contribution in [2.24, 2.45) is 0 Å². The molecule has 3 aromatic rings. The van der Waals surface area contributed by atoms with Crippen molar-refractivity contribution >= 4 is 23.0 Å². The SMILES string of the molecule is CN1CC[C@]2(C)c3cc(O)ccc3C[C@@H]1[C@@H]2N(C)C(=O)Nc1nc2ccccc2[nH]1. The number of H-pyrrole nitrogens is 1. The van der Waals surface area contributed by atoms with Crippen LogP contribution in [-0.4, -0.2) is 63.6 Å². The lowest BCUT2D eigenvalue weighted by Gasteiger charge is -2.57. The molecule has 1 saturated heterocycles. The molecule has 156 valence electrons. The third-order valence-electron chi connectivity index (χ3n) is 7.06. The Morgan fingerprint density at radius 2 is 2.13 bits per heavy atom. The molecule has 0 radical (unpaired) electrons. The fourth-order valence-electron chi connectivity index (χ4n) is 5.46. The second kappa shape index (κ2) is 6.74. The average Bonchev–Trinajstić information content (AvgIpc) is 3.13. The Labute approximate surface area is 175 Å². The van der Waals surface area contributed by atoms with Crippen LogP contribution in [0.25, 0.3) is 11.0 Å². The molecule has 2 heterocycles. The number of urea groups is 1. The number of fused-ring (bicyclic) bond motifs is 5. The average molecular weight is 406 g/mol. The summed E-state index contributed by atoms with van der Waals surface area (Å²) in [5.74, 6) is 0.728. The lowest BCUT2D eigenvalue weighted by molar-refractivity contribution is 0.0213. The molecule has 2 aliphatic rings. The Hall–Kier alpha value is -3.06. The van der Waals surface area contributed by atoms with Gasteiger partial charge < -0.3 is 19.9 Å². The number of aromatic nitrogens is 2. The molecule has 0 saturated carbocycles. The molecule has 3 atom stereocenters. The van der Waals surface area contributed by atoms with Gasteiger partial charge in [-0.05, 0) is 61.8 Å². The van der Waals surface area contributed by atoms with Crippen LogP contribution in [0.1, 0.15) is 24.5 Å². The topological polar surface area (TPSA) is 84.5 Å². The Balaban J connectivity index is 1.47. The van der Waals surface area contributed by atoms with Gasteiger partial charge in [-0.3, -0.25) is 5.32 Å². The summed E-state index contributed by atoms with van der Waals surface area (Å²) in [6.07, 6.45) is 1.78. The van der Waals surface area contributed by atoms with Gasteiger partial charge in [-0.1, -0.05) is 25.1 Å². The largest absolute Gasteiger partial charge is 0.508 e. The van der Waals surface area contributed by atoms with Gasteiger partial charge in [0, 0.05) is 18.5 Å². The van der Waals surface area contributed by atoms with Crippen LogP contribution in [0.4, 0.5) is 10.7 Å². The first kappa shape index (κ1) is 18.9. The van der Waals surface area contributed by atoms with Crippen LogP contribution >= 0.6 is 0 Å². The summed E-state index contributed by atoms with van der Waals surface area (Å²) in [5, 5.41) is 13.1. The molecule has 7 heteroatoms.